The highest BCUT2D eigenvalue weighted by molar-refractivity contribution is 5.77. The lowest BCUT2D eigenvalue weighted by molar-refractivity contribution is 0.0419. The topological polar surface area (TPSA) is 56.9 Å². The Morgan fingerprint density at radius 1 is 1.50 bits per heavy atom. The molecule has 0 aromatic rings. The summed E-state index contributed by atoms with van der Waals surface area (Å²) in [6.45, 7) is 13.9. The van der Waals surface area contributed by atoms with Gasteiger partial charge in [0.15, 0.2) is 5.96 Å². The van der Waals surface area contributed by atoms with Crippen LogP contribution in [-0.4, -0.2) is 67.6 Å². The van der Waals surface area contributed by atoms with Gasteiger partial charge in [-0.3, -0.25) is 14.8 Å². The van der Waals surface area contributed by atoms with Crippen molar-refractivity contribution in [1.29, 1.82) is 0 Å². The Kier molecular flexibility index (Phi) is 5.62. The fourth-order valence-corrected chi connectivity index (χ4v) is 2.08. The Balaban J connectivity index is 2.30. The smallest absolute Gasteiger partial charge is 0.188 e. The number of hydrogen-bond acceptors (Lipinski definition) is 3. The lowest BCUT2D eigenvalue weighted by Gasteiger charge is -2.45. The third kappa shape index (κ3) is 4.66. The maximum absolute atomic E-state index is 5.72. The first-order valence-electron chi connectivity index (χ1n) is 6.54. The van der Waals surface area contributed by atoms with E-state index in [2.05, 4.69) is 47.6 Å². The van der Waals surface area contributed by atoms with Gasteiger partial charge in [0.1, 0.15) is 0 Å². The highest BCUT2D eigenvalue weighted by atomic mass is 15.3. The Hall–Kier alpha value is -1.07. The van der Waals surface area contributed by atoms with E-state index in [1.807, 2.05) is 0 Å². The van der Waals surface area contributed by atoms with Crippen LogP contribution in [0, 0.1) is 0 Å². The summed E-state index contributed by atoms with van der Waals surface area (Å²) in [5.74, 6) is 0.503. The van der Waals surface area contributed by atoms with Crippen molar-refractivity contribution in [3.05, 3.63) is 12.7 Å². The van der Waals surface area contributed by atoms with Gasteiger partial charge in [0.2, 0.25) is 0 Å². The predicted octanol–water partition coefficient (Wildman–Crippen LogP) is 0.103. The van der Waals surface area contributed by atoms with Gasteiger partial charge in [0.25, 0.3) is 0 Å². The Morgan fingerprint density at radius 3 is 2.83 bits per heavy atom. The molecule has 18 heavy (non-hydrogen) atoms. The van der Waals surface area contributed by atoms with E-state index >= 15 is 0 Å². The van der Waals surface area contributed by atoms with Crippen molar-refractivity contribution in [2.75, 3.05) is 46.3 Å². The third-order valence-corrected chi connectivity index (χ3v) is 3.52. The van der Waals surface area contributed by atoms with Gasteiger partial charge in [-0.05, 0) is 20.9 Å². The molecule has 3 N–H and O–H groups in total. The minimum absolute atomic E-state index is 0.245. The highest BCUT2D eigenvalue weighted by Gasteiger charge is 2.30. The van der Waals surface area contributed by atoms with Crippen LogP contribution < -0.4 is 11.1 Å². The zero-order chi connectivity index (χ0) is 13.6. The molecule has 1 aliphatic rings. The SMILES string of the molecule is C=CCNC(N)=NCCN1CCN(C)C(C)(C)C1. The van der Waals surface area contributed by atoms with E-state index in [9.17, 15) is 0 Å². The van der Waals surface area contributed by atoms with Crippen LogP contribution in [0.4, 0.5) is 0 Å². The van der Waals surface area contributed by atoms with Crippen LogP contribution in [0.25, 0.3) is 0 Å². The second-order valence-electron chi connectivity index (χ2n) is 5.45. The summed E-state index contributed by atoms with van der Waals surface area (Å²) in [4.78, 5) is 9.16. The minimum atomic E-state index is 0.245. The molecular formula is C13H27N5. The van der Waals surface area contributed by atoms with Crippen molar-refractivity contribution in [1.82, 2.24) is 15.1 Å². The van der Waals surface area contributed by atoms with Crippen LogP contribution in [0.15, 0.2) is 17.6 Å². The summed E-state index contributed by atoms with van der Waals surface area (Å²) >= 11 is 0. The molecule has 1 heterocycles. The molecule has 0 aromatic heterocycles. The molecule has 0 aromatic carbocycles. The predicted molar refractivity (Wildman–Crippen MR) is 77.8 cm³/mol. The first-order chi connectivity index (χ1) is 8.45. The fourth-order valence-electron chi connectivity index (χ4n) is 2.08. The normalized spacial score (nSPS) is 21.8. The second kappa shape index (κ2) is 6.75. The van der Waals surface area contributed by atoms with Gasteiger partial charge in [-0.25, -0.2) is 0 Å². The largest absolute Gasteiger partial charge is 0.370 e. The molecule has 1 fully saturated rings. The number of piperazine rings is 1. The van der Waals surface area contributed by atoms with Crippen molar-refractivity contribution in [2.24, 2.45) is 10.7 Å². The molecule has 0 aliphatic carbocycles. The van der Waals surface area contributed by atoms with E-state index in [0.717, 1.165) is 32.7 Å². The van der Waals surface area contributed by atoms with E-state index in [1.165, 1.54) is 0 Å². The summed E-state index contributed by atoms with van der Waals surface area (Å²) in [7, 11) is 2.19. The summed E-state index contributed by atoms with van der Waals surface area (Å²) in [6, 6.07) is 0. The van der Waals surface area contributed by atoms with Crippen LogP contribution in [0.1, 0.15) is 13.8 Å². The molecule has 1 aliphatic heterocycles. The van der Waals surface area contributed by atoms with E-state index in [-0.39, 0.29) is 5.54 Å². The van der Waals surface area contributed by atoms with Crippen LogP contribution in [0.3, 0.4) is 0 Å². The maximum atomic E-state index is 5.72. The standard InChI is InChI=1S/C13H27N5/c1-5-6-15-12(14)16-7-8-18-10-9-17(4)13(2,3)11-18/h5H,1,6-11H2,2-4H3,(H3,14,15,16). The van der Waals surface area contributed by atoms with Gasteiger partial charge in [-0.2, -0.15) is 0 Å². The number of aliphatic imine (C=N–C) groups is 1. The van der Waals surface area contributed by atoms with E-state index in [4.69, 9.17) is 5.73 Å². The Morgan fingerprint density at radius 2 is 2.22 bits per heavy atom. The molecule has 0 amide bonds. The monoisotopic (exact) mass is 253 g/mol. The molecular weight excluding hydrogens is 226 g/mol. The number of likely N-dealkylation sites (N-methyl/N-ethyl adjacent to an activating group) is 1. The van der Waals surface area contributed by atoms with Gasteiger partial charge in [-0.15, -0.1) is 6.58 Å². The van der Waals surface area contributed by atoms with Gasteiger partial charge in [0.05, 0.1) is 6.54 Å². The van der Waals surface area contributed by atoms with Gasteiger partial charge >= 0.3 is 0 Å². The molecule has 0 unspecified atom stereocenters. The molecule has 5 heteroatoms. The summed E-state index contributed by atoms with van der Waals surface area (Å²) in [5, 5.41) is 2.98. The molecule has 104 valence electrons. The number of nitrogens with one attached hydrogen (secondary N) is 1. The van der Waals surface area contributed by atoms with Crippen LogP contribution in [0.2, 0.25) is 0 Å². The van der Waals surface area contributed by atoms with Crippen LogP contribution in [0.5, 0.6) is 0 Å². The summed E-state index contributed by atoms with van der Waals surface area (Å²) in [5.41, 5.74) is 5.96. The quantitative estimate of drug-likeness (QED) is 0.415. The molecule has 5 nitrogen and oxygen atoms in total. The maximum Gasteiger partial charge on any atom is 0.188 e. The number of guanidine groups is 1. The first-order valence-corrected chi connectivity index (χ1v) is 6.54. The number of rotatable bonds is 5. The van der Waals surface area contributed by atoms with Crippen molar-refractivity contribution < 1.29 is 0 Å². The van der Waals surface area contributed by atoms with Crippen molar-refractivity contribution >= 4 is 5.96 Å². The van der Waals surface area contributed by atoms with Gasteiger partial charge in [-0.1, -0.05) is 6.08 Å². The lowest BCUT2D eigenvalue weighted by atomic mass is 10.00. The minimum Gasteiger partial charge on any atom is -0.370 e. The molecule has 0 radical (unpaired) electrons. The third-order valence-electron chi connectivity index (χ3n) is 3.52. The molecule has 1 saturated heterocycles. The van der Waals surface area contributed by atoms with Gasteiger partial charge in [0, 0.05) is 38.3 Å². The Labute approximate surface area is 111 Å². The molecule has 0 bridgehead atoms. The average molecular weight is 253 g/mol. The van der Waals surface area contributed by atoms with Gasteiger partial charge < -0.3 is 11.1 Å². The number of nitrogens with two attached hydrogens (primary N) is 1. The second-order valence-corrected chi connectivity index (χ2v) is 5.45. The van der Waals surface area contributed by atoms with E-state index in [0.29, 0.717) is 12.5 Å². The molecule has 0 atom stereocenters. The van der Waals surface area contributed by atoms with Crippen molar-refractivity contribution in [3.8, 4) is 0 Å². The van der Waals surface area contributed by atoms with E-state index in [1.54, 1.807) is 6.08 Å². The van der Waals surface area contributed by atoms with E-state index < -0.39 is 0 Å². The van der Waals surface area contributed by atoms with Crippen LogP contribution in [-0.2, 0) is 0 Å². The summed E-state index contributed by atoms with van der Waals surface area (Å²) in [6.07, 6.45) is 1.77. The average Bonchev–Trinajstić information content (AvgIpc) is 2.31. The number of nitrogens with zero attached hydrogens (tertiary/aromatic N) is 3. The van der Waals surface area contributed by atoms with Crippen molar-refractivity contribution in [2.45, 2.75) is 19.4 Å². The Bertz CT molecular complexity index is 298. The summed E-state index contributed by atoms with van der Waals surface area (Å²) < 4.78 is 0. The molecule has 0 saturated carbocycles. The number of hydrogen-bond donors (Lipinski definition) is 2. The molecule has 0 spiro atoms. The fraction of sp³-hybridized carbons (Fsp3) is 0.769. The molecule has 1 rings (SSSR count). The first kappa shape index (κ1) is 15.0. The van der Waals surface area contributed by atoms with Crippen molar-refractivity contribution in [3.63, 3.8) is 0 Å². The zero-order valence-corrected chi connectivity index (χ0v) is 11.9. The lowest BCUT2D eigenvalue weighted by Crippen LogP contribution is -2.57. The zero-order valence-electron chi connectivity index (χ0n) is 11.9. The highest BCUT2D eigenvalue weighted by Crippen LogP contribution is 2.18. The van der Waals surface area contributed by atoms with Crippen LogP contribution >= 0.6 is 0 Å².